The van der Waals surface area contributed by atoms with Crippen LogP contribution < -0.4 is 5.32 Å². The van der Waals surface area contributed by atoms with Crippen molar-refractivity contribution in [1.82, 2.24) is 20.4 Å². The predicted octanol–water partition coefficient (Wildman–Crippen LogP) is 2.66. The molecule has 3 aromatic rings. The van der Waals surface area contributed by atoms with Crippen LogP contribution in [-0.4, -0.2) is 21.0 Å². The van der Waals surface area contributed by atoms with Crippen LogP contribution in [0.5, 0.6) is 0 Å². The van der Waals surface area contributed by atoms with Crippen LogP contribution in [0.4, 0.5) is 8.78 Å². The normalized spacial score (nSPS) is 10.6. The van der Waals surface area contributed by atoms with Crippen LogP contribution in [0.15, 0.2) is 47.2 Å². The Hall–Kier alpha value is -3.16. The maximum atomic E-state index is 13.5. The van der Waals surface area contributed by atoms with E-state index in [1.807, 2.05) is 0 Å². The van der Waals surface area contributed by atoms with E-state index in [9.17, 15) is 13.6 Å². The largest absolute Gasteiger partial charge is 0.352 e. The van der Waals surface area contributed by atoms with Gasteiger partial charge in [-0.25, -0.2) is 8.78 Å². The fourth-order valence-electron chi connectivity index (χ4n) is 2.14. The quantitative estimate of drug-likeness (QED) is 0.743. The Labute approximate surface area is 141 Å². The second-order valence-corrected chi connectivity index (χ2v) is 5.27. The smallest absolute Gasteiger partial charge is 0.227 e. The lowest BCUT2D eigenvalue weighted by Gasteiger charge is -2.05. The molecule has 3 rings (SSSR count). The molecule has 0 atom stereocenters. The number of amides is 1. The molecule has 1 aromatic carbocycles. The van der Waals surface area contributed by atoms with Gasteiger partial charge in [0, 0.05) is 49.0 Å². The van der Waals surface area contributed by atoms with Crippen LogP contribution in [-0.2, 0) is 17.8 Å². The van der Waals surface area contributed by atoms with E-state index in [2.05, 4.69) is 20.4 Å². The van der Waals surface area contributed by atoms with Crippen LogP contribution in [0.3, 0.4) is 0 Å². The van der Waals surface area contributed by atoms with Gasteiger partial charge >= 0.3 is 0 Å². The lowest BCUT2D eigenvalue weighted by atomic mass is 10.2. The molecule has 6 nitrogen and oxygen atoms in total. The van der Waals surface area contributed by atoms with Crippen molar-refractivity contribution in [3.8, 4) is 11.4 Å². The topological polar surface area (TPSA) is 80.9 Å². The van der Waals surface area contributed by atoms with E-state index in [0.29, 0.717) is 17.3 Å². The number of hydrogen-bond acceptors (Lipinski definition) is 5. The summed E-state index contributed by atoms with van der Waals surface area (Å²) < 4.78 is 31.4. The maximum absolute atomic E-state index is 13.5. The van der Waals surface area contributed by atoms with Crippen molar-refractivity contribution in [1.29, 1.82) is 0 Å². The summed E-state index contributed by atoms with van der Waals surface area (Å²) >= 11 is 0. The molecule has 2 heterocycles. The molecule has 25 heavy (non-hydrogen) atoms. The minimum Gasteiger partial charge on any atom is -0.352 e. The molecule has 0 aliphatic heterocycles. The van der Waals surface area contributed by atoms with Crippen molar-refractivity contribution in [2.24, 2.45) is 0 Å². The summed E-state index contributed by atoms with van der Waals surface area (Å²) in [6.07, 6.45) is 3.61. The Morgan fingerprint density at radius 3 is 2.88 bits per heavy atom. The number of rotatable bonds is 6. The fraction of sp³-hybridized carbons (Fsp3) is 0.176. The number of nitrogens with zero attached hydrogens (tertiary/aromatic N) is 3. The summed E-state index contributed by atoms with van der Waals surface area (Å²) in [7, 11) is 0. The number of pyridine rings is 1. The van der Waals surface area contributed by atoms with Crippen molar-refractivity contribution >= 4 is 5.91 Å². The zero-order valence-corrected chi connectivity index (χ0v) is 13.1. The number of carbonyl (C=O) groups is 1. The average Bonchev–Trinajstić information content (AvgIpc) is 3.09. The van der Waals surface area contributed by atoms with Gasteiger partial charge in [-0.2, -0.15) is 4.98 Å². The number of hydrogen-bond donors (Lipinski definition) is 1. The summed E-state index contributed by atoms with van der Waals surface area (Å²) in [5, 5.41) is 6.40. The maximum Gasteiger partial charge on any atom is 0.227 e. The molecule has 0 saturated heterocycles. The predicted molar refractivity (Wildman–Crippen MR) is 84.1 cm³/mol. The van der Waals surface area contributed by atoms with Gasteiger partial charge in [-0.05, 0) is 18.2 Å². The minimum atomic E-state index is -0.696. The molecule has 2 aromatic heterocycles. The molecule has 0 aliphatic carbocycles. The Bertz CT molecular complexity index is 868. The number of benzene rings is 1. The highest BCUT2D eigenvalue weighted by Gasteiger charge is 2.11. The zero-order valence-electron chi connectivity index (χ0n) is 13.1. The Balaban J connectivity index is 1.50. The van der Waals surface area contributed by atoms with E-state index in [1.54, 1.807) is 24.5 Å². The van der Waals surface area contributed by atoms with E-state index in [-0.39, 0.29) is 30.9 Å². The Morgan fingerprint density at radius 1 is 1.24 bits per heavy atom. The molecule has 0 spiro atoms. The highest BCUT2D eigenvalue weighted by molar-refractivity contribution is 5.76. The van der Waals surface area contributed by atoms with Crippen LogP contribution in [0.25, 0.3) is 11.4 Å². The van der Waals surface area contributed by atoms with Crippen molar-refractivity contribution < 1.29 is 18.1 Å². The molecular weight excluding hydrogens is 330 g/mol. The molecule has 0 radical (unpaired) electrons. The van der Waals surface area contributed by atoms with Crippen LogP contribution in [0.1, 0.15) is 17.9 Å². The number of aromatic nitrogens is 3. The van der Waals surface area contributed by atoms with Gasteiger partial charge in [0.2, 0.25) is 17.6 Å². The number of halogens is 2. The molecule has 0 bridgehead atoms. The molecule has 0 fully saturated rings. The summed E-state index contributed by atoms with van der Waals surface area (Å²) in [6, 6.07) is 6.77. The summed E-state index contributed by atoms with van der Waals surface area (Å²) in [5.74, 6) is -0.935. The van der Waals surface area contributed by atoms with Crippen LogP contribution in [0, 0.1) is 11.6 Å². The second kappa shape index (κ2) is 7.61. The van der Waals surface area contributed by atoms with Crippen LogP contribution in [0.2, 0.25) is 0 Å². The van der Waals surface area contributed by atoms with Gasteiger partial charge in [0.05, 0.1) is 0 Å². The van der Waals surface area contributed by atoms with Gasteiger partial charge in [-0.3, -0.25) is 9.78 Å². The molecule has 0 saturated carbocycles. The number of carbonyl (C=O) groups excluding carboxylic acids is 1. The molecule has 1 N–H and O–H groups in total. The zero-order chi connectivity index (χ0) is 17.6. The van der Waals surface area contributed by atoms with Crippen molar-refractivity contribution in [3.05, 3.63) is 65.8 Å². The van der Waals surface area contributed by atoms with Crippen molar-refractivity contribution in [3.63, 3.8) is 0 Å². The highest BCUT2D eigenvalue weighted by atomic mass is 19.1. The number of nitrogens with one attached hydrogen (secondary N) is 1. The first-order valence-electron chi connectivity index (χ1n) is 7.55. The highest BCUT2D eigenvalue weighted by Crippen LogP contribution is 2.14. The van der Waals surface area contributed by atoms with E-state index >= 15 is 0 Å². The minimum absolute atomic E-state index is 0.0181. The Kier molecular flexibility index (Phi) is 5.08. The first-order valence-corrected chi connectivity index (χ1v) is 7.55. The SMILES string of the molecule is O=C(CCc1nc(-c2cccnc2)no1)NCc1ccc(F)cc1F. The van der Waals surface area contributed by atoms with Crippen molar-refractivity contribution in [2.75, 3.05) is 0 Å². The first-order chi connectivity index (χ1) is 12.1. The lowest BCUT2D eigenvalue weighted by molar-refractivity contribution is -0.121. The van der Waals surface area contributed by atoms with Crippen LogP contribution >= 0.6 is 0 Å². The molecule has 1 amide bonds. The second-order valence-electron chi connectivity index (χ2n) is 5.27. The molecular formula is C17H14F2N4O2. The monoisotopic (exact) mass is 344 g/mol. The average molecular weight is 344 g/mol. The van der Waals surface area contributed by atoms with Gasteiger partial charge in [0.25, 0.3) is 0 Å². The molecule has 0 unspecified atom stereocenters. The van der Waals surface area contributed by atoms with Gasteiger partial charge < -0.3 is 9.84 Å². The Morgan fingerprint density at radius 2 is 2.12 bits per heavy atom. The summed E-state index contributed by atoms with van der Waals surface area (Å²) in [5.41, 5.74) is 0.931. The van der Waals surface area contributed by atoms with E-state index < -0.39 is 11.6 Å². The third kappa shape index (κ3) is 4.43. The van der Waals surface area contributed by atoms with Gasteiger partial charge in [-0.1, -0.05) is 11.2 Å². The lowest BCUT2D eigenvalue weighted by Crippen LogP contribution is -2.23. The molecule has 8 heteroatoms. The molecule has 128 valence electrons. The first kappa shape index (κ1) is 16.7. The van der Waals surface area contributed by atoms with E-state index in [1.165, 1.54) is 6.07 Å². The van der Waals surface area contributed by atoms with E-state index in [0.717, 1.165) is 12.1 Å². The van der Waals surface area contributed by atoms with Gasteiger partial charge in [-0.15, -0.1) is 0 Å². The fourth-order valence-corrected chi connectivity index (χ4v) is 2.14. The summed E-state index contributed by atoms with van der Waals surface area (Å²) in [4.78, 5) is 20.0. The molecule has 0 aliphatic rings. The van der Waals surface area contributed by atoms with Gasteiger partial charge in [0.15, 0.2) is 0 Å². The third-order valence-corrected chi connectivity index (χ3v) is 3.44. The summed E-state index contributed by atoms with van der Waals surface area (Å²) in [6.45, 7) is -0.0181. The van der Waals surface area contributed by atoms with E-state index in [4.69, 9.17) is 4.52 Å². The standard InChI is InChI=1S/C17H14F2N4O2/c18-13-4-3-11(14(19)8-13)10-21-15(24)5-6-16-22-17(23-25-16)12-2-1-7-20-9-12/h1-4,7-9H,5-6,10H2,(H,21,24). The number of aryl methyl sites for hydroxylation is 1. The van der Waals surface area contributed by atoms with Crippen molar-refractivity contribution in [2.45, 2.75) is 19.4 Å². The third-order valence-electron chi connectivity index (χ3n) is 3.44. The van der Waals surface area contributed by atoms with Gasteiger partial charge in [0.1, 0.15) is 11.6 Å².